The number of hydrogen-bond acceptors (Lipinski definition) is 5. The van der Waals surface area contributed by atoms with E-state index in [1.165, 1.54) is 0 Å². The fourth-order valence-corrected chi connectivity index (χ4v) is 4.19. The highest BCUT2D eigenvalue weighted by molar-refractivity contribution is 7.99. The molecule has 1 aromatic rings. The predicted molar refractivity (Wildman–Crippen MR) is 93.4 cm³/mol. The minimum Gasteiger partial charge on any atom is -0.359 e. The molecule has 0 spiro atoms. The number of hydrogen-bond donors (Lipinski definition) is 2. The molecule has 2 amide bonds. The molecule has 2 atom stereocenters. The van der Waals surface area contributed by atoms with Crippen LogP contribution in [0.5, 0.6) is 0 Å². The van der Waals surface area contributed by atoms with E-state index < -0.39 is 5.41 Å². The minimum absolute atomic E-state index is 0.0226. The van der Waals surface area contributed by atoms with Gasteiger partial charge in [-0.3, -0.25) is 9.59 Å². The van der Waals surface area contributed by atoms with Crippen molar-refractivity contribution < 1.29 is 9.59 Å². The van der Waals surface area contributed by atoms with Gasteiger partial charge in [-0.25, -0.2) is 0 Å². The highest BCUT2D eigenvalue weighted by atomic mass is 32.2. The number of aromatic nitrogens is 3. The zero-order chi connectivity index (χ0) is 18.0. The largest absolute Gasteiger partial charge is 0.359 e. The molecular formula is C16H27N5O2S. The summed E-state index contributed by atoms with van der Waals surface area (Å²) in [6.07, 6.45) is 3.12. The quantitative estimate of drug-likeness (QED) is 0.593. The lowest BCUT2D eigenvalue weighted by atomic mass is 9.65. The van der Waals surface area contributed by atoms with Gasteiger partial charge in [0.2, 0.25) is 11.8 Å². The Morgan fingerprint density at radius 1 is 1.42 bits per heavy atom. The number of nitrogens with one attached hydrogen (secondary N) is 2. The molecule has 0 radical (unpaired) electrons. The Hall–Kier alpha value is -1.57. The van der Waals surface area contributed by atoms with Crippen molar-refractivity contribution in [2.45, 2.75) is 38.8 Å². The third kappa shape index (κ3) is 3.29. The lowest BCUT2D eigenvalue weighted by Crippen LogP contribution is -2.49. The molecule has 1 aliphatic rings. The van der Waals surface area contributed by atoms with Crippen LogP contribution in [-0.2, 0) is 16.6 Å². The van der Waals surface area contributed by atoms with Crippen molar-refractivity contribution in [3.05, 3.63) is 6.33 Å². The van der Waals surface area contributed by atoms with Crippen LogP contribution < -0.4 is 10.6 Å². The van der Waals surface area contributed by atoms with Gasteiger partial charge < -0.3 is 15.2 Å². The number of aryl methyl sites for hydroxylation is 1. The fourth-order valence-electron chi connectivity index (χ4n) is 3.45. The number of thioether (sulfide) groups is 1. The molecule has 7 nitrogen and oxygen atoms in total. The third-order valence-electron chi connectivity index (χ3n) is 5.58. The lowest BCUT2D eigenvalue weighted by molar-refractivity contribution is -0.138. The number of amides is 2. The van der Waals surface area contributed by atoms with Gasteiger partial charge in [0.1, 0.15) is 6.33 Å². The number of nitrogens with zero attached hydrogens (tertiary/aromatic N) is 3. The minimum atomic E-state index is -0.542. The molecule has 1 fully saturated rings. The van der Waals surface area contributed by atoms with Gasteiger partial charge >= 0.3 is 0 Å². The SMILES string of the molecule is CNC(=O)[C@@H]1CC[C@](C)(C(=O)NCCSc2nncn2C)C1(C)C. The van der Waals surface area contributed by atoms with Crippen molar-refractivity contribution in [3.63, 3.8) is 0 Å². The van der Waals surface area contributed by atoms with E-state index in [0.29, 0.717) is 6.54 Å². The smallest absolute Gasteiger partial charge is 0.226 e. The monoisotopic (exact) mass is 353 g/mol. The standard InChI is InChI=1S/C16H27N5O2S/c1-15(2)11(12(22)17-4)6-7-16(15,3)13(23)18-8-9-24-14-20-19-10-21(14)5/h10-11H,6-9H2,1-5H3,(H,17,22)(H,18,23)/t11-,16+/m0/s1. The maximum Gasteiger partial charge on any atom is 0.226 e. The first-order valence-electron chi connectivity index (χ1n) is 8.20. The van der Waals surface area contributed by atoms with Crippen molar-refractivity contribution in [2.75, 3.05) is 19.3 Å². The summed E-state index contributed by atoms with van der Waals surface area (Å²) >= 11 is 1.56. The fraction of sp³-hybridized carbons (Fsp3) is 0.750. The van der Waals surface area contributed by atoms with Crippen LogP contribution in [0.1, 0.15) is 33.6 Å². The topological polar surface area (TPSA) is 88.9 Å². The summed E-state index contributed by atoms with van der Waals surface area (Å²) in [6.45, 7) is 6.58. The van der Waals surface area contributed by atoms with Crippen molar-refractivity contribution in [3.8, 4) is 0 Å². The first-order valence-corrected chi connectivity index (χ1v) is 9.19. The zero-order valence-corrected chi connectivity index (χ0v) is 15.9. The molecule has 0 bridgehead atoms. The van der Waals surface area contributed by atoms with Crippen LogP contribution in [0, 0.1) is 16.7 Å². The van der Waals surface area contributed by atoms with Crippen molar-refractivity contribution in [2.24, 2.45) is 23.8 Å². The molecule has 0 aliphatic heterocycles. The van der Waals surface area contributed by atoms with Gasteiger partial charge in [0.25, 0.3) is 0 Å². The van der Waals surface area contributed by atoms with Gasteiger partial charge in [0.05, 0.1) is 5.41 Å². The molecule has 0 unspecified atom stereocenters. The Morgan fingerprint density at radius 3 is 2.71 bits per heavy atom. The Kier molecular flexibility index (Phi) is 5.57. The molecule has 1 saturated carbocycles. The van der Waals surface area contributed by atoms with Gasteiger partial charge in [-0.15, -0.1) is 10.2 Å². The van der Waals surface area contributed by atoms with E-state index in [1.807, 2.05) is 32.4 Å². The van der Waals surface area contributed by atoms with E-state index in [0.717, 1.165) is 23.8 Å². The average Bonchev–Trinajstić information content (AvgIpc) is 3.05. The van der Waals surface area contributed by atoms with Crippen molar-refractivity contribution in [1.29, 1.82) is 0 Å². The summed E-state index contributed by atoms with van der Waals surface area (Å²) in [6, 6.07) is 0. The first kappa shape index (κ1) is 18.8. The molecule has 1 heterocycles. The number of carbonyl (C=O) groups excluding carboxylic acids is 2. The molecular weight excluding hydrogens is 326 g/mol. The van der Waals surface area contributed by atoms with Crippen LogP contribution in [-0.4, -0.2) is 45.9 Å². The molecule has 2 rings (SSSR count). The van der Waals surface area contributed by atoms with Crippen LogP contribution >= 0.6 is 11.8 Å². The van der Waals surface area contributed by atoms with E-state index >= 15 is 0 Å². The van der Waals surface area contributed by atoms with Crippen LogP contribution in [0.2, 0.25) is 0 Å². The van der Waals surface area contributed by atoms with E-state index in [1.54, 1.807) is 25.1 Å². The summed E-state index contributed by atoms with van der Waals surface area (Å²) in [7, 11) is 3.54. The highest BCUT2D eigenvalue weighted by Crippen LogP contribution is 2.56. The number of rotatable bonds is 6. The second kappa shape index (κ2) is 7.13. The lowest BCUT2D eigenvalue weighted by Gasteiger charge is -2.39. The predicted octanol–water partition coefficient (Wildman–Crippen LogP) is 1.21. The van der Waals surface area contributed by atoms with Gasteiger partial charge in [0, 0.05) is 32.3 Å². The van der Waals surface area contributed by atoms with Crippen LogP contribution in [0.3, 0.4) is 0 Å². The summed E-state index contributed by atoms with van der Waals surface area (Å²) in [5.74, 6) is 0.645. The van der Waals surface area contributed by atoms with Gasteiger partial charge in [-0.05, 0) is 18.3 Å². The van der Waals surface area contributed by atoms with E-state index in [-0.39, 0.29) is 23.1 Å². The van der Waals surface area contributed by atoms with Crippen LogP contribution in [0.15, 0.2) is 11.5 Å². The summed E-state index contributed by atoms with van der Waals surface area (Å²) in [5, 5.41) is 14.4. The molecule has 2 N–H and O–H groups in total. The first-order chi connectivity index (χ1) is 11.2. The van der Waals surface area contributed by atoms with Gasteiger partial charge in [0.15, 0.2) is 5.16 Å². The zero-order valence-electron chi connectivity index (χ0n) is 15.0. The molecule has 1 aliphatic carbocycles. The van der Waals surface area contributed by atoms with E-state index in [9.17, 15) is 9.59 Å². The summed E-state index contributed by atoms with van der Waals surface area (Å²) in [4.78, 5) is 24.9. The Morgan fingerprint density at radius 2 is 2.12 bits per heavy atom. The Balaban J connectivity index is 1.91. The van der Waals surface area contributed by atoms with Crippen LogP contribution in [0.4, 0.5) is 0 Å². The molecule has 0 aromatic carbocycles. The van der Waals surface area contributed by atoms with Crippen molar-refractivity contribution in [1.82, 2.24) is 25.4 Å². The second-order valence-electron chi connectivity index (χ2n) is 7.09. The summed E-state index contributed by atoms with van der Waals surface area (Å²) < 4.78 is 1.85. The normalized spacial score (nSPS) is 25.5. The molecule has 0 saturated heterocycles. The average molecular weight is 353 g/mol. The molecule has 8 heteroatoms. The third-order valence-corrected chi connectivity index (χ3v) is 6.62. The maximum atomic E-state index is 12.8. The second-order valence-corrected chi connectivity index (χ2v) is 8.15. The van der Waals surface area contributed by atoms with Crippen molar-refractivity contribution >= 4 is 23.6 Å². The molecule has 24 heavy (non-hydrogen) atoms. The maximum absolute atomic E-state index is 12.8. The van der Waals surface area contributed by atoms with Gasteiger partial charge in [-0.1, -0.05) is 32.5 Å². The van der Waals surface area contributed by atoms with E-state index in [4.69, 9.17) is 0 Å². The molecule has 134 valence electrons. The van der Waals surface area contributed by atoms with Crippen LogP contribution in [0.25, 0.3) is 0 Å². The van der Waals surface area contributed by atoms with E-state index in [2.05, 4.69) is 20.8 Å². The highest BCUT2D eigenvalue weighted by Gasteiger charge is 2.57. The number of carbonyl (C=O) groups is 2. The Bertz CT molecular complexity index is 615. The summed E-state index contributed by atoms with van der Waals surface area (Å²) in [5.41, 5.74) is -0.923. The van der Waals surface area contributed by atoms with Gasteiger partial charge in [-0.2, -0.15) is 0 Å². The Labute approximate surface area is 147 Å². The molecule has 1 aromatic heterocycles.